The quantitative estimate of drug-likeness (QED) is 0.628. The summed E-state index contributed by atoms with van der Waals surface area (Å²) in [5.74, 6) is 1.54. The summed E-state index contributed by atoms with van der Waals surface area (Å²) in [5, 5.41) is 11.7. The predicted octanol–water partition coefficient (Wildman–Crippen LogP) is 2.26. The average Bonchev–Trinajstić information content (AvgIpc) is 2.76. The number of nitrogens with zero attached hydrogens (tertiary/aromatic N) is 2. The smallest absolute Gasteiger partial charge is 0.276 e. The van der Waals surface area contributed by atoms with Crippen molar-refractivity contribution in [3.63, 3.8) is 0 Å². The van der Waals surface area contributed by atoms with Crippen LogP contribution < -0.4 is 5.32 Å². The van der Waals surface area contributed by atoms with E-state index in [0.29, 0.717) is 11.1 Å². The monoisotopic (exact) mass is 249 g/mol. The Kier molecular flexibility index (Phi) is 4.58. The van der Waals surface area contributed by atoms with Gasteiger partial charge in [0, 0.05) is 25.8 Å². The molecule has 0 aliphatic heterocycles. The summed E-state index contributed by atoms with van der Waals surface area (Å²) in [6.07, 6.45) is 0. The molecule has 1 aromatic heterocycles. The van der Waals surface area contributed by atoms with Gasteiger partial charge >= 0.3 is 0 Å². The fourth-order valence-electron chi connectivity index (χ4n) is 1.38. The molecule has 17 heavy (non-hydrogen) atoms. The van der Waals surface area contributed by atoms with Crippen molar-refractivity contribution in [2.45, 2.75) is 18.7 Å². The van der Waals surface area contributed by atoms with Gasteiger partial charge in [-0.15, -0.1) is 10.2 Å². The van der Waals surface area contributed by atoms with Crippen molar-refractivity contribution in [3.05, 3.63) is 41.8 Å². The number of hydrogen-bond acceptors (Lipinski definition) is 5. The van der Waals surface area contributed by atoms with Crippen LogP contribution in [0.5, 0.6) is 0 Å². The molecule has 1 aromatic carbocycles. The van der Waals surface area contributed by atoms with E-state index in [1.54, 1.807) is 18.7 Å². The Balaban J connectivity index is 1.61. The van der Waals surface area contributed by atoms with Gasteiger partial charge in [-0.25, -0.2) is 0 Å². The van der Waals surface area contributed by atoms with Crippen molar-refractivity contribution < 1.29 is 4.42 Å². The molecule has 0 radical (unpaired) electrons. The van der Waals surface area contributed by atoms with Crippen molar-refractivity contribution in [2.24, 2.45) is 0 Å². The van der Waals surface area contributed by atoms with Gasteiger partial charge in [0.05, 0.1) is 0 Å². The molecular weight excluding hydrogens is 234 g/mol. The van der Waals surface area contributed by atoms with Crippen LogP contribution in [0.2, 0.25) is 0 Å². The number of thioether (sulfide) groups is 1. The number of hydrogen-bond donors (Lipinski definition) is 1. The minimum Gasteiger partial charge on any atom is -0.416 e. The summed E-state index contributed by atoms with van der Waals surface area (Å²) < 4.78 is 5.26. The maximum atomic E-state index is 5.26. The number of rotatable bonds is 6. The number of aryl methyl sites for hydroxylation is 1. The normalized spacial score (nSPS) is 10.6. The summed E-state index contributed by atoms with van der Waals surface area (Å²) in [6.45, 7) is 3.61. The first-order valence-corrected chi connectivity index (χ1v) is 6.51. The van der Waals surface area contributed by atoms with Gasteiger partial charge in [0.25, 0.3) is 5.22 Å². The topological polar surface area (TPSA) is 51.0 Å². The Bertz CT molecular complexity index is 444. The lowest BCUT2D eigenvalue weighted by Crippen LogP contribution is -2.16. The van der Waals surface area contributed by atoms with Crippen LogP contribution in [0.3, 0.4) is 0 Å². The van der Waals surface area contributed by atoms with Gasteiger partial charge in [-0.1, -0.05) is 42.1 Å². The van der Waals surface area contributed by atoms with Gasteiger partial charge in [-0.3, -0.25) is 0 Å². The second-order valence-corrected chi connectivity index (χ2v) is 4.64. The van der Waals surface area contributed by atoms with Crippen LogP contribution in [-0.4, -0.2) is 22.5 Å². The highest BCUT2D eigenvalue weighted by Crippen LogP contribution is 2.14. The molecule has 0 saturated heterocycles. The average molecular weight is 249 g/mol. The van der Waals surface area contributed by atoms with Gasteiger partial charge in [-0.2, -0.15) is 0 Å². The molecule has 90 valence electrons. The SMILES string of the molecule is Cc1nnc(SCCNCc2ccccc2)o1. The second-order valence-electron chi connectivity index (χ2n) is 3.60. The molecule has 5 heteroatoms. The largest absolute Gasteiger partial charge is 0.416 e. The van der Waals surface area contributed by atoms with Gasteiger partial charge in [0.15, 0.2) is 0 Å². The molecule has 0 aliphatic rings. The standard InChI is InChI=1S/C12H15N3OS/c1-10-14-15-12(16-10)17-8-7-13-9-11-5-3-2-4-6-11/h2-6,13H,7-9H2,1H3. The third-order valence-electron chi connectivity index (χ3n) is 2.18. The molecule has 0 saturated carbocycles. The Hall–Kier alpha value is -1.33. The van der Waals surface area contributed by atoms with Gasteiger partial charge < -0.3 is 9.73 Å². The molecule has 1 heterocycles. The van der Waals surface area contributed by atoms with Crippen molar-refractivity contribution in [2.75, 3.05) is 12.3 Å². The highest BCUT2D eigenvalue weighted by Gasteiger charge is 2.01. The first-order chi connectivity index (χ1) is 8.34. The molecule has 0 unspecified atom stereocenters. The highest BCUT2D eigenvalue weighted by atomic mass is 32.2. The first kappa shape index (κ1) is 12.1. The Morgan fingerprint density at radius 1 is 1.24 bits per heavy atom. The molecule has 0 fully saturated rings. The van der Waals surface area contributed by atoms with E-state index < -0.39 is 0 Å². The summed E-state index contributed by atoms with van der Waals surface area (Å²) >= 11 is 1.57. The van der Waals surface area contributed by atoms with Crippen molar-refractivity contribution in [1.82, 2.24) is 15.5 Å². The van der Waals surface area contributed by atoms with E-state index in [1.165, 1.54) is 5.56 Å². The molecule has 4 nitrogen and oxygen atoms in total. The summed E-state index contributed by atoms with van der Waals surface area (Å²) in [5.41, 5.74) is 1.30. The third-order valence-corrected chi connectivity index (χ3v) is 3.00. The third kappa shape index (κ3) is 4.20. The molecule has 0 aliphatic carbocycles. The van der Waals surface area contributed by atoms with Crippen molar-refractivity contribution >= 4 is 11.8 Å². The van der Waals surface area contributed by atoms with E-state index in [-0.39, 0.29) is 0 Å². The molecular formula is C12H15N3OS. The maximum Gasteiger partial charge on any atom is 0.276 e. The Morgan fingerprint density at radius 3 is 2.76 bits per heavy atom. The fraction of sp³-hybridized carbons (Fsp3) is 0.333. The van der Waals surface area contributed by atoms with Crippen LogP contribution in [-0.2, 0) is 6.54 Å². The molecule has 0 spiro atoms. The predicted molar refractivity (Wildman–Crippen MR) is 67.9 cm³/mol. The minimum absolute atomic E-state index is 0.616. The second kappa shape index (κ2) is 6.42. The van der Waals surface area contributed by atoms with Crippen LogP contribution >= 0.6 is 11.8 Å². The molecule has 2 aromatic rings. The van der Waals surface area contributed by atoms with Crippen molar-refractivity contribution in [1.29, 1.82) is 0 Å². The lowest BCUT2D eigenvalue weighted by atomic mass is 10.2. The molecule has 2 rings (SSSR count). The number of benzene rings is 1. The zero-order valence-corrected chi connectivity index (χ0v) is 10.5. The first-order valence-electron chi connectivity index (χ1n) is 5.52. The van der Waals surface area contributed by atoms with Crippen LogP contribution in [0.25, 0.3) is 0 Å². The summed E-state index contributed by atoms with van der Waals surface area (Å²) in [7, 11) is 0. The van der Waals surface area contributed by atoms with Gasteiger partial charge in [0.2, 0.25) is 5.89 Å². The Labute approximate surface area is 105 Å². The fourth-order valence-corrected chi connectivity index (χ4v) is 2.07. The lowest BCUT2D eigenvalue weighted by Gasteiger charge is -2.02. The summed E-state index contributed by atoms with van der Waals surface area (Å²) in [4.78, 5) is 0. The van der Waals surface area contributed by atoms with E-state index in [4.69, 9.17) is 4.42 Å². The van der Waals surface area contributed by atoms with E-state index in [2.05, 4.69) is 27.6 Å². The van der Waals surface area contributed by atoms with Crippen molar-refractivity contribution in [3.8, 4) is 0 Å². The van der Waals surface area contributed by atoms with Crippen LogP contribution in [0, 0.1) is 6.92 Å². The lowest BCUT2D eigenvalue weighted by molar-refractivity contribution is 0.429. The zero-order valence-electron chi connectivity index (χ0n) is 9.72. The van der Waals surface area contributed by atoms with Gasteiger partial charge in [0.1, 0.15) is 0 Å². The van der Waals surface area contributed by atoms with Crippen LogP contribution in [0.1, 0.15) is 11.5 Å². The van der Waals surface area contributed by atoms with E-state index in [1.807, 2.05) is 18.2 Å². The van der Waals surface area contributed by atoms with E-state index in [9.17, 15) is 0 Å². The maximum absolute atomic E-state index is 5.26. The van der Waals surface area contributed by atoms with E-state index >= 15 is 0 Å². The van der Waals surface area contributed by atoms with Gasteiger partial charge in [-0.05, 0) is 5.56 Å². The number of nitrogens with one attached hydrogen (secondary N) is 1. The van der Waals surface area contributed by atoms with Crippen LogP contribution in [0.4, 0.5) is 0 Å². The molecule has 1 N–H and O–H groups in total. The highest BCUT2D eigenvalue weighted by molar-refractivity contribution is 7.99. The Morgan fingerprint density at radius 2 is 2.06 bits per heavy atom. The molecule has 0 amide bonds. The summed E-state index contributed by atoms with van der Waals surface area (Å²) in [6, 6.07) is 10.3. The minimum atomic E-state index is 0.616. The zero-order chi connectivity index (χ0) is 11.9. The number of aromatic nitrogens is 2. The molecule has 0 atom stereocenters. The van der Waals surface area contributed by atoms with E-state index in [0.717, 1.165) is 18.8 Å². The van der Waals surface area contributed by atoms with Crippen LogP contribution in [0.15, 0.2) is 40.0 Å². The molecule has 0 bridgehead atoms.